The number of hydrogen-bond acceptors (Lipinski definition) is 6. The SMILES string of the molecule is COc1cc([N+](=O)[O-])ccc1S(=O)(=O)Oc1cc(C)ccc1Cl. The van der Waals surface area contributed by atoms with E-state index in [-0.39, 0.29) is 27.1 Å². The molecule has 0 aromatic heterocycles. The Hall–Kier alpha value is -2.32. The topological polar surface area (TPSA) is 95.7 Å². The first-order valence-electron chi connectivity index (χ1n) is 6.27. The molecule has 9 heteroatoms. The van der Waals surface area contributed by atoms with Crippen molar-refractivity contribution in [3.8, 4) is 11.5 Å². The van der Waals surface area contributed by atoms with Crippen molar-refractivity contribution in [2.45, 2.75) is 11.8 Å². The van der Waals surface area contributed by atoms with Crippen molar-refractivity contribution in [2.24, 2.45) is 0 Å². The van der Waals surface area contributed by atoms with Gasteiger partial charge in [-0.25, -0.2) is 0 Å². The standard InChI is InChI=1S/C14H12ClNO6S/c1-9-3-5-11(15)12(7-9)22-23(19,20)14-6-4-10(16(17)18)8-13(14)21-2/h3-8H,1-2H3. The van der Waals surface area contributed by atoms with Crippen molar-refractivity contribution in [1.82, 2.24) is 0 Å². The van der Waals surface area contributed by atoms with Crippen molar-refractivity contribution in [3.63, 3.8) is 0 Å². The lowest BCUT2D eigenvalue weighted by Crippen LogP contribution is -2.11. The molecule has 0 spiro atoms. The smallest absolute Gasteiger partial charge is 0.342 e. The van der Waals surface area contributed by atoms with Gasteiger partial charge in [0.25, 0.3) is 5.69 Å². The lowest BCUT2D eigenvalue weighted by atomic mass is 10.2. The maximum absolute atomic E-state index is 12.4. The van der Waals surface area contributed by atoms with Crippen LogP contribution in [0.4, 0.5) is 5.69 Å². The van der Waals surface area contributed by atoms with Crippen LogP contribution in [0.15, 0.2) is 41.3 Å². The first-order valence-corrected chi connectivity index (χ1v) is 8.06. The Morgan fingerprint density at radius 2 is 1.83 bits per heavy atom. The van der Waals surface area contributed by atoms with E-state index >= 15 is 0 Å². The van der Waals surface area contributed by atoms with E-state index in [0.29, 0.717) is 0 Å². The Labute approximate surface area is 137 Å². The molecule has 0 atom stereocenters. The lowest BCUT2D eigenvalue weighted by Gasteiger charge is -2.11. The molecular weight excluding hydrogens is 346 g/mol. The van der Waals surface area contributed by atoms with Crippen molar-refractivity contribution in [3.05, 3.63) is 57.1 Å². The van der Waals surface area contributed by atoms with E-state index in [0.717, 1.165) is 23.8 Å². The second-order valence-electron chi connectivity index (χ2n) is 4.56. The largest absolute Gasteiger partial charge is 0.495 e. The second-order valence-corrected chi connectivity index (χ2v) is 6.49. The number of nitro groups is 1. The van der Waals surface area contributed by atoms with Crippen LogP contribution in [0.2, 0.25) is 5.02 Å². The average Bonchev–Trinajstić information content (AvgIpc) is 2.49. The lowest BCUT2D eigenvalue weighted by molar-refractivity contribution is -0.385. The Morgan fingerprint density at radius 3 is 2.43 bits per heavy atom. The molecule has 0 N–H and O–H groups in total. The quantitative estimate of drug-likeness (QED) is 0.462. The summed E-state index contributed by atoms with van der Waals surface area (Å²) in [7, 11) is -3.06. The summed E-state index contributed by atoms with van der Waals surface area (Å²) in [5, 5.41) is 10.9. The van der Waals surface area contributed by atoms with Crippen molar-refractivity contribution in [2.75, 3.05) is 7.11 Å². The fourth-order valence-electron chi connectivity index (χ4n) is 1.81. The fraction of sp³-hybridized carbons (Fsp3) is 0.143. The van der Waals surface area contributed by atoms with E-state index in [4.69, 9.17) is 20.5 Å². The second kappa shape index (κ2) is 6.43. The molecule has 0 saturated heterocycles. The predicted octanol–water partition coefficient (Wildman–Crippen LogP) is 3.33. The molecule has 0 unspecified atom stereocenters. The van der Waals surface area contributed by atoms with Gasteiger partial charge in [0.15, 0.2) is 5.75 Å². The highest BCUT2D eigenvalue weighted by Crippen LogP contribution is 2.33. The Balaban J connectivity index is 2.47. The molecule has 2 aromatic rings. The van der Waals surface area contributed by atoms with Crippen LogP contribution in [0.1, 0.15) is 5.56 Å². The van der Waals surface area contributed by atoms with Gasteiger partial charge in [0.05, 0.1) is 23.1 Å². The molecule has 0 saturated carbocycles. The molecule has 0 heterocycles. The van der Waals surface area contributed by atoms with E-state index in [1.54, 1.807) is 13.0 Å². The number of rotatable bonds is 5. The number of hydrogen-bond donors (Lipinski definition) is 0. The normalized spacial score (nSPS) is 11.1. The molecule has 7 nitrogen and oxygen atoms in total. The minimum atomic E-state index is -4.27. The molecule has 0 amide bonds. The summed E-state index contributed by atoms with van der Waals surface area (Å²) in [6, 6.07) is 7.79. The number of ether oxygens (including phenoxy) is 1. The summed E-state index contributed by atoms with van der Waals surface area (Å²) in [5.41, 5.74) is 0.463. The van der Waals surface area contributed by atoms with E-state index in [1.807, 2.05) is 0 Å². The van der Waals surface area contributed by atoms with Crippen molar-refractivity contribution in [1.29, 1.82) is 0 Å². The minimum absolute atomic E-state index is 0.0351. The minimum Gasteiger partial charge on any atom is -0.495 e. The number of halogens is 1. The van der Waals surface area contributed by atoms with Gasteiger partial charge in [-0.2, -0.15) is 8.42 Å². The highest BCUT2D eigenvalue weighted by atomic mass is 35.5. The van der Waals surface area contributed by atoms with Crippen LogP contribution in [0, 0.1) is 17.0 Å². The zero-order valence-electron chi connectivity index (χ0n) is 12.1. The first-order chi connectivity index (χ1) is 10.7. The van der Waals surface area contributed by atoms with Crippen LogP contribution in [-0.4, -0.2) is 20.5 Å². The molecule has 122 valence electrons. The van der Waals surface area contributed by atoms with Crippen LogP contribution < -0.4 is 8.92 Å². The van der Waals surface area contributed by atoms with Gasteiger partial charge < -0.3 is 8.92 Å². The van der Waals surface area contributed by atoms with Gasteiger partial charge >= 0.3 is 10.1 Å². The summed E-state index contributed by atoms with van der Waals surface area (Å²) in [6.45, 7) is 1.75. The molecule has 0 radical (unpaired) electrons. The van der Waals surface area contributed by atoms with Gasteiger partial charge in [-0.1, -0.05) is 17.7 Å². The van der Waals surface area contributed by atoms with Crippen LogP contribution in [-0.2, 0) is 10.1 Å². The Bertz CT molecular complexity index is 866. The van der Waals surface area contributed by atoms with E-state index in [2.05, 4.69) is 0 Å². The predicted molar refractivity (Wildman–Crippen MR) is 83.7 cm³/mol. The van der Waals surface area contributed by atoms with Crippen molar-refractivity contribution < 1.29 is 22.3 Å². The molecular formula is C14H12ClNO6S. The monoisotopic (exact) mass is 357 g/mol. The third-order valence-electron chi connectivity index (χ3n) is 2.91. The number of aryl methyl sites for hydroxylation is 1. The summed E-state index contributed by atoms with van der Waals surface area (Å²) in [5.74, 6) is -0.227. The molecule has 0 aliphatic carbocycles. The van der Waals surface area contributed by atoms with Gasteiger partial charge in [-0.15, -0.1) is 0 Å². The molecule has 2 aromatic carbocycles. The molecule has 0 bridgehead atoms. The average molecular weight is 358 g/mol. The Morgan fingerprint density at radius 1 is 1.13 bits per heavy atom. The Kier molecular flexibility index (Phi) is 4.76. The number of methoxy groups -OCH3 is 1. The highest BCUT2D eigenvalue weighted by Gasteiger charge is 2.25. The first kappa shape index (κ1) is 17.0. The van der Waals surface area contributed by atoms with Crippen molar-refractivity contribution >= 4 is 27.4 Å². The molecule has 2 rings (SSSR count). The molecule has 0 aliphatic heterocycles. The zero-order valence-corrected chi connectivity index (χ0v) is 13.7. The number of nitro benzene ring substituents is 1. The number of nitrogens with zero attached hydrogens (tertiary/aromatic N) is 1. The van der Waals surface area contributed by atoms with Crippen LogP contribution in [0.5, 0.6) is 11.5 Å². The van der Waals surface area contributed by atoms with Gasteiger partial charge in [-0.05, 0) is 30.7 Å². The molecule has 0 fully saturated rings. The number of non-ortho nitro benzene ring substituents is 1. The number of benzene rings is 2. The highest BCUT2D eigenvalue weighted by molar-refractivity contribution is 7.87. The van der Waals surface area contributed by atoms with E-state index < -0.39 is 15.0 Å². The maximum atomic E-state index is 12.4. The maximum Gasteiger partial charge on any atom is 0.342 e. The molecule has 0 aliphatic rings. The summed E-state index contributed by atoms with van der Waals surface area (Å²) >= 11 is 5.92. The van der Waals surface area contributed by atoms with Crippen LogP contribution in [0.25, 0.3) is 0 Å². The summed E-state index contributed by atoms with van der Waals surface area (Å²) in [4.78, 5) is 9.77. The van der Waals surface area contributed by atoms with Crippen LogP contribution in [0.3, 0.4) is 0 Å². The zero-order chi connectivity index (χ0) is 17.2. The molecule has 23 heavy (non-hydrogen) atoms. The van der Waals surface area contributed by atoms with E-state index in [9.17, 15) is 18.5 Å². The van der Waals surface area contributed by atoms with E-state index in [1.165, 1.54) is 19.2 Å². The third kappa shape index (κ3) is 3.72. The van der Waals surface area contributed by atoms with Gasteiger partial charge in [0.2, 0.25) is 0 Å². The summed E-state index contributed by atoms with van der Waals surface area (Å²) < 4.78 is 34.7. The van der Waals surface area contributed by atoms with Gasteiger partial charge in [-0.3, -0.25) is 10.1 Å². The van der Waals surface area contributed by atoms with Crippen LogP contribution >= 0.6 is 11.6 Å². The third-order valence-corrected chi connectivity index (χ3v) is 4.50. The fourth-order valence-corrected chi connectivity index (χ4v) is 3.10. The summed E-state index contributed by atoms with van der Waals surface area (Å²) in [6.07, 6.45) is 0. The van der Waals surface area contributed by atoms with Gasteiger partial charge in [0.1, 0.15) is 10.6 Å². The van der Waals surface area contributed by atoms with Gasteiger partial charge in [0, 0.05) is 6.07 Å².